The maximum absolute atomic E-state index is 8.49. The van der Waals surface area contributed by atoms with Crippen molar-refractivity contribution in [2.45, 2.75) is 0 Å². The summed E-state index contributed by atoms with van der Waals surface area (Å²) in [6, 6.07) is 0. The average molecular weight is 231 g/mol. The number of thioether (sulfide) groups is 1. The van der Waals surface area contributed by atoms with E-state index >= 15 is 0 Å². The van der Waals surface area contributed by atoms with Crippen LogP contribution in [0.5, 0.6) is 0 Å². The number of hydrogen-bond acceptors (Lipinski definition) is 6. The van der Waals surface area contributed by atoms with Crippen LogP contribution in [0.1, 0.15) is 0 Å². The molecule has 1 heterocycles. The molecule has 13 heavy (non-hydrogen) atoms. The predicted octanol–water partition coefficient (Wildman–Crippen LogP) is -5.52. The highest BCUT2D eigenvalue weighted by Gasteiger charge is 2.15. The SMILES string of the molecule is CSC1=NCC[NH+]1C.[O-][Cl+3]([O-])([O-])[O-]. The minimum Gasteiger partial charge on any atom is -0.281 e. The Bertz CT molecular complexity index is 178. The Hall–Kier alpha value is 0.110. The third-order valence-electron chi connectivity index (χ3n) is 1.30. The largest absolute Gasteiger partial charge is 0.281 e. The molecule has 0 aromatic carbocycles. The minimum absolute atomic E-state index is 1.02. The van der Waals surface area contributed by atoms with E-state index in [0.717, 1.165) is 6.54 Å². The van der Waals surface area contributed by atoms with Crippen molar-refractivity contribution in [1.82, 2.24) is 0 Å². The number of halogens is 1. The Morgan fingerprint density at radius 1 is 1.38 bits per heavy atom. The second-order valence-electron chi connectivity index (χ2n) is 2.30. The fraction of sp³-hybridized carbons (Fsp3) is 0.800. The number of nitrogens with one attached hydrogen (secondary N) is 1. The molecule has 0 aliphatic carbocycles. The number of aliphatic imine (C=N–C) groups is 1. The molecule has 0 aromatic heterocycles. The summed E-state index contributed by atoms with van der Waals surface area (Å²) in [5, 5.41) is 1.25. The summed E-state index contributed by atoms with van der Waals surface area (Å²) in [4.78, 5) is 5.73. The van der Waals surface area contributed by atoms with Crippen molar-refractivity contribution in [3.63, 3.8) is 0 Å². The number of rotatable bonds is 0. The van der Waals surface area contributed by atoms with Gasteiger partial charge in [-0.3, -0.25) is 4.90 Å². The van der Waals surface area contributed by atoms with Crippen molar-refractivity contribution in [3.8, 4) is 0 Å². The third kappa shape index (κ3) is 8.44. The molecule has 6 nitrogen and oxygen atoms in total. The first kappa shape index (κ1) is 13.1. The van der Waals surface area contributed by atoms with E-state index in [1.54, 1.807) is 11.8 Å². The normalized spacial score (nSPS) is 22.0. The Kier molecular flexibility index (Phi) is 5.81. The van der Waals surface area contributed by atoms with Gasteiger partial charge in [0.25, 0.3) is 5.17 Å². The second-order valence-corrected chi connectivity index (χ2v) is 3.85. The number of hydrogen-bond donors (Lipinski definition) is 1. The molecular weight excluding hydrogens is 220 g/mol. The van der Waals surface area contributed by atoms with Crippen LogP contribution in [-0.4, -0.2) is 31.6 Å². The summed E-state index contributed by atoms with van der Waals surface area (Å²) < 4.78 is 34.0. The van der Waals surface area contributed by atoms with Crippen LogP contribution in [0.2, 0.25) is 0 Å². The maximum Gasteiger partial charge on any atom is 0.257 e. The van der Waals surface area contributed by atoms with E-state index in [0.29, 0.717) is 0 Å². The van der Waals surface area contributed by atoms with Gasteiger partial charge in [-0.25, -0.2) is 23.6 Å². The van der Waals surface area contributed by atoms with Crippen LogP contribution in [0.4, 0.5) is 0 Å². The molecule has 8 heteroatoms. The number of likely N-dealkylation sites (N-methyl/N-ethyl adjacent to an activating group) is 1. The van der Waals surface area contributed by atoms with Crippen molar-refractivity contribution in [2.75, 3.05) is 26.4 Å². The lowest BCUT2D eigenvalue weighted by Gasteiger charge is -2.17. The first-order valence-electron chi connectivity index (χ1n) is 3.37. The van der Waals surface area contributed by atoms with E-state index < -0.39 is 10.2 Å². The van der Waals surface area contributed by atoms with Crippen LogP contribution in [0, 0.1) is 10.2 Å². The highest BCUT2D eigenvalue weighted by molar-refractivity contribution is 8.12. The molecule has 0 aromatic rings. The maximum atomic E-state index is 8.49. The Labute approximate surface area is 82.6 Å². The zero-order valence-electron chi connectivity index (χ0n) is 7.28. The van der Waals surface area contributed by atoms with Crippen molar-refractivity contribution in [3.05, 3.63) is 0 Å². The molecule has 0 saturated carbocycles. The molecule has 0 spiro atoms. The topological polar surface area (TPSA) is 109 Å². The standard InChI is InChI=1S/C5H10N2S.ClHO4/c1-7-4-3-6-5(7)8-2;2-1(3,4)5/h3-4H2,1-2H3;(H,2,3,4,5). The lowest BCUT2D eigenvalue weighted by Crippen LogP contribution is -3.09. The summed E-state index contributed by atoms with van der Waals surface area (Å²) in [5.41, 5.74) is 0. The van der Waals surface area contributed by atoms with Gasteiger partial charge in [0.15, 0.2) is 0 Å². The lowest BCUT2D eigenvalue weighted by molar-refractivity contribution is -2.00. The zero-order valence-corrected chi connectivity index (χ0v) is 8.85. The van der Waals surface area contributed by atoms with E-state index in [-0.39, 0.29) is 0 Å². The number of quaternary nitrogens is 1. The van der Waals surface area contributed by atoms with Crippen molar-refractivity contribution < 1.29 is 33.8 Å². The smallest absolute Gasteiger partial charge is 0.257 e. The summed E-state index contributed by atoms with van der Waals surface area (Å²) >= 11 is 1.75. The van der Waals surface area contributed by atoms with Crippen LogP contribution >= 0.6 is 11.8 Å². The highest BCUT2D eigenvalue weighted by Crippen LogP contribution is 1.92. The molecule has 1 aliphatic heterocycles. The van der Waals surface area contributed by atoms with Gasteiger partial charge < -0.3 is 0 Å². The molecule has 1 aliphatic rings. The molecule has 0 saturated heterocycles. The van der Waals surface area contributed by atoms with Crippen LogP contribution in [0.25, 0.3) is 0 Å². The van der Waals surface area contributed by atoms with Crippen LogP contribution in [0.3, 0.4) is 0 Å². The molecule has 0 amide bonds. The minimum atomic E-state index is -4.94. The van der Waals surface area contributed by atoms with Crippen LogP contribution in [-0.2, 0) is 0 Å². The molecule has 1 atom stereocenters. The van der Waals surface area contributed by atoms with Gasteiger partial charge in [0, 0.05) is 0 Å². The van der Waals surface area contributed by atoms with Crippen LogP contribution < -0.4 is 23.5 Å². The molecular formula is C5H11ClN2O4S. The zero-order chi connectivity index (χ0) is 10.5. The Balaban J connectivity index is 0.000000252. The first-order chi connectivity index (χ1) is 5.84. The van der Waals surface area contributed by atoms with Crippen molar-refractivity contribution >= 4 is 16.9 Å². The fourth-order valence-electron chi connectivity index (χ4n) is 0.806. The summed E-state index contributed by atoms with van der Waals surface area (Å²) in [6.07, 6.45) is 2.08. The van der Waals surface area contributed by atoms with Gasteiger partial charge in [0.2, 0.25) is 0 Å². The van der Waals surface area contributed by atoms with Crippen molar-refractivity contribution in [2.24, 2.45) is 4.99 Å². The molecule has 1 N–H and O–H groups in total. The molecule has 1 rings (SSSR count). The molecule has 1 unspecified atom stereocenters. The third-order valence-corrected chi connectivity index (χ3v) is 2.16. The average Bonchev–Trinajstić information content (AvgIpc) is 2.31. The van der Waals surface area contributed by atoms with E-state index in [1.807, 2.05) is 0 Å². The van der Waals surface area contributed by atoms with E-state index in [4.69, 9.17) is 18.6 Å². The lowest BCUT2D eigenvalue weighted by atomic mass is 10.6. The first-order valence-corrected chi connectivity index (χ1v) is 5.83. The van der Waals surface area contributed by atoms with Gasteiger partial charge in [-0.15, -0.1) is 10.2 Å². The quantitative estimate of drug-likeness (QED) is 0.447. The van der Waals surface area contributed by atoms with Crippen LogP contribution in [0.15, 0.2) is 4.99 Å². The highest BCUT2D eigenvalue weighted by atomic mass is 35.7. The van der Waals surface area contributed by atoms with Gasteiger partial charge in [-0.1, -0.05) is 11.8 Å². The predicted molar refractivity (Wildman–Crippen MR) is 37.6 cm³/mol. The molecule has 0 radical (unpaired) electrons. The molecule has 0 fully saturated rings. The monoisotopic (exact) mass is 230 g/mol. The Morgan fingerprint density at radius 2 is 1.85 bits per heavy atom. The summed E-state index contributed by atoms with van der Waals surface area (Å²) in [6.45, 7) is 2.19. The van der Waals surface area contributed by atoms with E-state index in [1.165, 1.54) is 16.6 Å². The number of nitrogens with zero attached hydrogens (tertiary/aromatic N) is 1. The van der Waals surface area contributed by atoms with E-state index in [9.17, 15) is 0 Å². The number of amidine groups is 1. The van der Waals surface area contributed by atoms with Gasteiger partial charge in [-0.05, 0) is 6.26 Å². The van der Waals surface area contributed by atoms with Gasteiger partial charge in [0.05, 0.1) is 13.6 Å². The summed E-state index contributed by atoms with van der Waals surface area (Å²) in [7, 11) is -2.79. The van der Waals surface area contributed by atoms with E-state index in [2.05, 4.69) is 18.3 Å². The van der Waals surface area contributed by atoms with Gasteiger partial charge in [-0.2, -0.15) is 0 Å². The fourth-order valence-corrected chi connectivity index (χ4v) is 1.48. The molecule has 78 valence electrons. The van der Waals surface area contributed by atoms with Gasteiger partial charge in [0.1, 0.15) is 6.54 Å². The Morgan fingerprint density at radius 3 is 2.00 bits per heavy atom. The second kappa shape index (κ2) is 5.76. The van der Waals surface area contributed by atoms with Gasteiger partial charge >= 0.3 is 0 Å². The summed E-state index contributed by atoms with van der Waals surface area (Å²) in [5.74, 6) is 0. The van der Waals surface area contributed by atoms with Crippen molar-refractivity contribution in [1.29, 1.82) is 0 Å². The molecule has 0 bridgehead atoms.